The Labute approximate surface area is 133 Å². The molecule has 2 aliphatic carbocycles. The minimum atomic E-state index is 0.229. The van der Waals surface area contributed by atoms with Gasteiger partial charge < -0.3 is 5.32 Å². The molecule has 4 heteroatoms. The van der Waals surface area contributed by atoms with E-state index in [9.17, 15) is 4.79 Å². The van der Waals surface area contributed by atoms with Crippen LogP contribution >= 0.6 is 0 Å². The second-order valence-corrected chi connectivity index (χ2v) is 6.94. The van der Waals surface area contributed by atoms with Crippen LogP contribution in [-0.4, -0.2) is 21.9 Å². The van der Waals surface area contributed by atoms with Crippen LogP contribution in [0.3, 0.4) is 0 Å². The summed E-state index contributed by atoms with van der Waals surface area (Å²) in [4.78, 5) is 21.0. The van der Waals surface area contributed by atoms with Crippen LogP contribution in [0.4, 0.5) is 0 Å². The van der Waals surface area contributed by atoms with Crippen LogP contribution in [0.5, 0.6) is 0 Å². The van der Waals surface area contributed by atoms with Gasteiger partial charge in [-0.25, -0.2) is 9.97 Å². The molecule has 120 valence electrons. The molecule has 0 bridgehead atoms. The molecule has 0 spiro atoms. The number of fused-ring (bicyclic) bond motifs is 1. The Morgan fingerprint density at radius 2 is 2.09 bits per heavy atom. The maximum atomic E-state index is 12.2. The normalized spacial score (nSPS) is 22.1. The summed E-state index contributed by atoms with van der Waals surface area (Å²) in [5.41, 5.74) is 2.37. The van der Waals surface area contributed by atoms with Gasteiger partial charge in [-0.05, 0) is 44.1 Å². The Morgan fingerprint density at radius 3 is 2.91 bits per heavy atom. The molecule has 1 heterocycles. The zero-order valence-corrected chi connectivity index (χ0v) is 13.6. The summed E-state index contributed by atoms with van der Waals surface area (Å²) >= 11 is 0. The molecule has 0 saturated heterocycles. The lowest BCUT2D eigenvalue weighted by Crippen LogP contribution is -2.39. The highest BCUT2D eigenvalue weighted by Crippen LogP contribution is 2.27. The maximum Gasteiger partial charge on any atom is 0.220 e. The Hall–Kier alpha value is -1.45. The molecular weight excluding hydrogens is 274 g/mol. The van der Waals surface area contributed by atoms with Gasteiger partial charge in [0.15, 0.2) is 0 Å². The SMILES string of the molecule is Cc1ncc2c(n1)CCC(NC(=O)CCC1CCCCC1)C2. The highest BCUT2D eigenvalue weighted by molar-refractivity contribution is 5.76. The minimum absolute atomic E-state index is 0.229. The van der Waals surface area contributed by atoms with Crippen molar-refractivity contribution in [2.75, 3.05) is 0 Å². The number of carbonyl (C=O) groups excluding carboxylic acids is 1. The van der Waals surface area contributed by atoms with E-state index in [0.29, 0.717) is 6.42 Å². The topological polar surface area (TPSA) is 54.9 Å². The van der Waals surface area contributed by atoms with Crippen LogP contribution in [0.25, 0.3) is 0 Å². The molecule has 1 aromatic heterocycles. The number of hydrogen-bond donors (Lipinski definition) is 1. The summed E-state index contributed by atoms with van der Waals surface area (Å²) in [6, 6.07) is 0.262. The van der Waals surface area contributed by atoms with Crippen LogP contribution in [0.2, 0.25) is 0 Å². The van der Waals surface area contributed by atoms with Gasteiger partial charge in [-0.3, -0.25) is 4.79 Å². The molecule has 1 saturated carbocycles. The van der Waals surface area contributed by atoms with E-state index in [1.807, 2.05) is 13.1 Å². The molecule has 1 aromatic rings. The van der Waals surface area contributed by atoms with Gasteiger partial charge in [-0.2, -0.15) is 0 Å². The zero-order chi connectivity index (χ0) is 15.4. The molecule has 0 aromatic carbocycles. The van der Waals surface area contributed by atoms with Crippen LogP contribution in [-0.2, 0) is 17.6 Å². The van der Waals surface area contributed by atoms with Crippen LogP contribution in [0.15, 0.2) is 6.20 Å². The fourth-order valence-electron chi connectivity index (χ4n) is 3.84. The standard InChI is InChI=1S/C18H27N3O/c1-13-19-12-15-11-16(8-9-17(15)20-13)21-18(22)10-7-14-5-3-2-4-6-14/h12,14,16H,2-11H2,1H3,(H,21,22). The predicted molar refractivity (Wildman–Crippen MR) is 86.5 cm³/mol. The van der Waals surface area contributed by atoms with Crippen LogP contribution in [0, 0.1) is 12.8 Å². The molecule has 0 radical (unpaired) electrons. The average molecular weight is 301 g/mol. The third-order valence-electron chi connectivity index (χ3n) is 5.14. The molecule has 3 rings (SSSR count). The molecule has 4 nitrogen and oxygen atoms in total. The molecule has 2 aliphatic rings. The first-order valence-corrected chi connectivity index (χ1v) is 8.81. The highest BCUT2D eigenvalue weighted by atomic mass is 16.1. The Morgan fingerprint density at radius 1 is 1.27 bits per heavy atom. The molecular formula is C18H27N3O. The fraction of sp³-hybridized carbons (Fsp3) is 0.722. The number of nitrogens with zero attached hydrogens (tertiary/aromatic N) is 2. The largest absolute Gasteiger partial charge is 0.353 e. The van der Waals surface area contributed by atoms with E-state index in [1.54, 1.807) is 0 Å². The molecule has 1 N–H and O–H groups in total. The van der Waals surface area contributed by atoms with Crippen molar-refractivity contribution >= 4 is 5.91 Å². The summed E-state index contributed by atoms with van der Waals surface area (Å²) < 4.78 is 0. The lowest BCUT2D eigenvalue weighted by molar-refractivity contribution is -0.122. The quantitative estimate of drug-likeness (QED) is 0.929. The van der Waals surface area contributed by atoms with Gasteiger partial charge in [0.2, 0.25) is 5.91 Å². The van der Waals surface area contributed by atoms with Crippen molar-refractivity contribution in [1.82, 2.24) is 15.3 Å². The molecule has 0 aliphatic heterocycles. The number of aryl methyl sites for hydroxylation is 2. The van der Waals surface area contributed by atoms with Crippen LogP contribution in [0.1, 0.15) is 68.4 Å². The molecule has 1 amide bonds. The third kappa shape index (κ3) is 4.05. The van der Waals surface area contributed by atoms with E-state index in [4.69, 9.17) is 0 Å². The number of rotatable bonds is 4. The second-order valence-electron chi connectivity index (χ2n) is 6.94. The van der Waals surface area contributed by atoms with Gasteiger partial charge in [0.05, 0.1) is 0 Å². The summed E-state index contributed by atoms with van der Waals surface area (Å²) in [6.45, 7) is 1.93. The van der Waals surface area contributed by atoms with E-state index in [2.05, 4.69) is 15.3 Å². The zero-order valence-electron chi connectivity index (χ0n) is 13.6. The van der Waals surface area contributed by atoms with Gasteiger partial charge in [-0.15, -0.1) is 0 Å². The minimum Gasteiger partial charge on any atom is -0.353 e. The van der Waals surface area contributed by atoms with E-state index < -0.39 is 0 Å². The first kappa shape index (κ1) is 15.4. The Bertz CT molecular complexity index is 523. The predicted octanol–water partition coefficient (Wildman–Crippen LogP) is 3.12. The number of amides is 1. The maximum absolute atomic E-state index is 12.2. The number of hydrogen-bond acceptors (Lipinski definition) is 3. The number of carbonyl (C=O) groups is 1. The molecule has 1 fully saturated rings. The van der Waals surface area contributed by atoms with E-state index in [0.717, 1.165) is 37.4 Å². The van der Waals surface area contributed by atoms with Gasteiger partial charge in [0.25, 0.3) is 0 Å². The highest BCUT2D eigenvalue weighted by Gasteiger charge is 2.22. The first-order chi connectivity index (χ1) is 10.7. The third-order valence-corrected chi connectivity index (χ3v) is 5.14. The molecule has 1 atom stereocenters. The summed E-state index contributed by atoms with van der Waals surface area (Å²) in [5, 5.41) is 3.22. The molecule has 22 heavy (non-hydrogen) atoms. The monoisotopic (exact) mass is 301 g/mol. The van der Waals surface area contributed by atoms with Crippen molar-refractivity contribution < 1.29 is 4.79 Å². The second kappa shape index (κ2) is 7.21. The first-order valence-electron chi connectivity index (χ1n) is 8.81. The van der Waals surface area contributed by atoms with Gasteiger partial charge in [-0.1, -0.05) is 32.1 Å². The van der Waals surface area contributed by atoms with Crippen molar-refractivity contribution in [3.05, 3.63) is 23.3 Å². The van der Waals surface area contributed by atoms with Crippen molar-refractivity contribution in [3.8, 4) is 0 Å². The fourth-order valence-corrected chi connectivity index (χ4v) is 3.84. The molecule has 1 unspecified atom stereocenters. The number of aromatic nitrogens is 2. The van der Waals surface area contributed by atoms with E-state index >= 15 is 0 Å². The Balaban J connectivity index is 1.45. The average Bonchev–Trinajstić information content (AvgIpc) is 2.54. The van der Waals surface area contributed by atoms with Crippen molar-refractivity contribution in [2.45, 2.75) is 77.2 Å². The number of nitrogens with one attached hydrogen (secondary N) is 1. The smallest absolute Gasteiger partial charge is 0.220 e. The summed E-state index contributed by atoms with van der Waals surface area (Å²) in [6.07, 6.45) is 13.2. The lowest BCUT2D eigenvalue weighted by atomic mass is 9.86. The van der Waals surface area contributed by atoms with Gasteiger partial charge >= 0.3 is 0 Å². The summed E-state index contributed by atoms with van der Waals surface area (Å²) in [7, 11) is 0. The van der Waals surface area contributed by atoms with E-state index in [-0.39, 0.29) is 11.9 Å². The van der Waals surface area contributed by atoms with Crippen molar-refractivity contribution in [2.24, 2.45) is 5.92 Å². The van der Waals surface area contributed by atoms with Crippen molar-refractivity contribution in [3.63, 3.8) is 0 Å². The van der Waals surface area contributed by atoms with Gasteiger partial charge in [0.1, 0.15) is 5.82 Å². The Kier molecular flexibility index (Phi) is 5.06. The lowest BCUT2D eigenvalue weighted by Gasteiger charge is -2.25. The van der Waals surface area contributed by atoms with Gasteiger partial charge in [0, 0.05) is 24.4 Å². The van der Waals surface area contributed by atoms with Crippen LogP contribution < -0.4 is 5.32 Å². The van der Waals surface area contributed by atoms with Crippen molar-refractivity contribution in [1.29, 1.82) is 0 Å². The van der Waals surface area contributed by atoms with E-state index in [1.165, 1.54) is 43.4 Å². The summed E-state index contributed by atoms with van der Waals surface area (Å²) in [5.74, 6) is 1.85.